The van der Waals surface area contributed by atoms with Crippen LogP contribution in [0.4, 0.5) is 0 Å². The molecule has 0 unspecified atom stereocenters. The van der Waals surface area contributed by atoms with Gasteiger partial charge in [-0.05, 0) is 55.4 Å². The molecule has 0 saturated heterocycles. The van der Waals surface area contributed by atoms with Crippen molar-refractivity contribution in [2.75, 3.05) is 40.8 Å². The van der Waals surface area contributed by atoms with Gasteiger partial charge < -0.3 is 24.7 Å². The molecule has 2 aromatic carbocycles. The number of rotatable bonds is 9. The summed E-state index contributed by atoms with van der Waals surface area (Å²) in [5.74, 6) is -1.17. The molecule has 3 aromatic rings. The molecule has 2 amide bonds. The summed E-state index contributed by atoms with van der Waals surface area (Å²) in [4.78, 5) is 47.1. The van der Waals surface area contributed by atoms with Gasteiger partial charge >= 0.3 is 5.97 Å². The van der Waals surface area contributed by atoms with Crippen LogP contribution in [0.15, 0.2) is 60.8 Å². The minimum absolute atomic E-state index is 0.0730. The van der Waals surface area contributed by atoms with Gasteiger partial charge in [0.05, 0.1) is 18.2 Å². The summed E-state index contributed by atoms with van der Waals surface area (Å²) in [6.07, 6.45) is 1.34. The summed E-state index contributed by atoms with van der Waals surface area (Å²) in [6.45, 7) is 5.14. The maximum atomic E-state index is 13.8. The van der Waals surface area contributed by atoms with Crippen LogP contribution in [0, 0.1) is 5.92 Å². The number of aliphatic hydroxyl groups excluding tert-OH is 1. The van der Waals surface area contributed by atoms with E-state index in [0.29, 0.717) is 36.3 Å². The van der Waals surface area contributed by atoms with Crippen molar-refractivity contribution in [2.45, 2.75) is 32.5 Å². The molecule has 0 radical (unpaired) electrons. The topological polar surface area (TPSA) is 124 Å². The molecular formula is C32H38N4O6. The van der Waals surface area contributed by atoms with Crippen LogP contribution in [-0.2, 0) is 6.54 Å². The number of aromatic nitrogens is 1. The zero-order valence-corrected chi connectivity index (χ0v) is 24.7. The van der Waals surface area contributed by atoms with Crippen LogP contribution < -0.4 is 4.74 Å². The SMILES string of the molecule is C[C@@H]1CN([C@@H](C)CO)C(=O)c2cc(-c3ccc(C(=O)N(C)C)cc3)cnc2O[C@H]1CN(C)Cc1ccc(C(=O)O)cc1. The minimum Gasteiger partial charge on any atom is -0.478 e. The third kappa shape index (κ3) is 6.95. The first-order chi connectivity index (χ1) is 20.0. The van der Waals surface area contributed by atoms with E-state index in [4.69, 9.17) is 4.74 Å². The summed E-state index contributed by atoms with van der Waals surface area (Å²) in [7, 11) is 5.36. The van der Waals surface area contributed by atoms with Crippen molar-refractivity contribution in [3.05, 3.63) is 83.0 Å². The second-order valence-corrected chi connectivity index (χ2v) is 11.2. The number of nitrogens with zero attached hydrogens (tertiary/aromatic N) is 4. The van der Waals surface area contributed by atoms with Gasteiger partial charge in [0.15, 0.2) is 0 Å². The minimum atomic E-state index is -0.964. The van der Waals surface area contributed by atoms with Crippen molar-refractivity contribution in [2.24, 2.45) is 5.92 Å². The van der Waals surface area contributed by atoms with Crippen molar-refractivity contribution in [1.82, 2.24) is 19.7 Å². The van der Waals surface area contributed by atoms with Gasteiger partial charge in [-0.1, -0.05) is 31.2 Å². The first-order valence-electron chi connectivity index (χ1n) is 13.9. The lowest BCUT2D eigenvalue weighted by molar-refractivity contribution is 0.0325. The van der Waals surface area contributed by atoms with Crippen LogP contribution in [0.1, 0.15) is 50.5 Å². The molecule has 42 heavy (non-hydrogen) atoms. The third-order valence-corrected chi connectivity index (χ3v) is 7.54. The quantitative estimate of drug-likeness (QED) is 0.398. The van der Waals surface area contributed by atoms with E-state index in [2.05, 4.69) is 9.88 Å². The summed E-state index contributed by atoms with van der Waals surface area (Å²) in [5, 5.41) is 19.1. The number of benzene rings is 2. The molecule has 1 aliphatic rings. The molecule has 1 aliphatic heterocycles. The number of aromatic carboxylic acids is 1. The Morgan fingerprint density at radius 1 is 1.05 bits per heavy atom. The highest BCUT2D eigenvalue weighted by molar-refractivity contribution is 5.98. The van der Waals surface area contributed by atoms with E-state index in [9.17, 15) is 24.6 Å². The number of carboxylic acid groups (broad SMARTS) is 1. The lowest BCUT2D eigenvalue weighted by Gasteiger charge is -2.37. The van der Waals surface area contributed by atoms with Crippen LogP contribution in [0.25, 0.3) is 11.1 Å². The maximum absolute atomic E-state index is 13.8. The third-order valence-electron chi connectivity index (χ3n) is 7.54. The van der Waals surface area contributed by atoms with E-state index >= 15 is 0 Å². The van der Waals surface area contributed by atoms with Gasteiger partial charge in [-0.2, -0.15) is 0 Å². The van der Waals surface area contributed by atoms with Gasteiger partial charge in [0.2, 0.25) is 5.88 Å². The maximum Gasteiger partial charge on any atom is 0.335 e. The largest absolute Gasteiger partial charge is 0.478 e. The highest BCUT2D eigenvalue weighted by atomic mass is 16.5. The second kappa shape index (κ2) is 13.1. The zero-order chi connectivity index (χ0) is 30.6. The summed E-state index contributed by atoms with van der Waals surface area (Å²) in [6, 6.07) is 15.3. The van der Waals surface area contributed by atoms with E-state index in [1.54, 1.807) is 67.7 Å². The van der Waals surface area contributed by atoms with Crippen molar-refractivity contribution in [1.29, 1.82) is 0 Å². The second-order valence-electron chi connectivity index (χ2n) is 11.2. The number of hydrogen-bond donors (Lipinski definition) is 2. The van der Waals surface area contributed by atoms with Gasteiger partial charge in [0, 0.05) is 57.0 Å². The number of aliphatic hydroxyl groups is 1. The fourth-order valence-corrected chi connectivity index (χ4v) is 4.98. The molecule has 0 fully saturated rings. The van der Waals surface area contributed by atoms with Gasteiger partial charge in [-0.25, -0.2) is 9.78 Å². The van der Waals surface area contributed by atoms with Gasteiger partial charge in [0.25, 0.3) is 11.8 Å². The first kappa shape index (κ1) is 30.7. The zero-order valence-electron chi connectivity index (χ0n) is 24.7. The van der Waals surface area contributed by atoms with E-state index in [1.807, 2.05) is 33.0 Å². The molecule has 3 atom stereocenters. The van der Waals surface area contributed by atoms with Crippen molar-refractivity contribution < 1.29 is 29.3 Å². The van der Waals surface area contributed by atoms with Crippen LogP contribution >= 0.6 is 0 Å². The van der Waals surface area contributed by atoms with Crippen molar-refractivity contribution >= 4 is 17.8 Å². The summed E-state index contributed by atoms with van der Waals surface area (Å²) >= 11 is 0. The molecule has 10 nitrogen and oxygen atoms in total. The van der Waals surface area contributed by atoms with E-state index < -0.39 is 12.0 Å². The highest BCUT2D eigenvalue weighted by Crippen LogP contribution is 2.30. The number of carbonyl (C=O) groups is 3. The Morgan fingerprint density at radius 2 is 1.69 bits per heavy atom. The molecule has 1 aromatic heterocycles. The number of amides is 2. The number of pyridine rings is 1. The average Bonchev–Trinajstić information content (AvgIpc) is 2.98. The molecule has 2 N–H and O–H groups in total. The molecule has 0 spiro atoms. The predicted octanol–water partition coefficient (Wildman–Crippen LogP) is 3.50. The Bertz CT molecular complexity index is 1420. The molecule has 0 aliphatic carbocycles. The fraction of sp³-hybridized carbons (Fsp3) is 0.375. The van der Waals surface area contributed by atoms with Crippen LogP contribution in [0.3, 0.4) is 0 Å². The lowest BCUT2D eigenvalue weighted by atomic mass is 9.98. The highest BCUT2D eigenvalue weighted by Gasteiger charge is 2.34. The Labute approximate surface area is 246 Å². The Morgan fingerprint density at radius 3 is 2.29 bits per heavy atom. The van der Waals surface area contributed by atoms with E-state index in [1.165, 1.54) is 4.90 Å². The van der Waals surface area contributed by atoms with Crippen LogP contribution in [0.5, 0.6) is 5.88 Å². The summed E-state index contributed by atoms with van der Waals surface area (Å²) in [5.41, 5.74) is 3.58. The Kier molecular flexibility index (Phi) is 9.59. The number of carboxylic acids is 1. The van der Waals surface area contributed by atoms with E-state index in [0.717, 1.165) is 11.1 Å². The number of likely N-dealkylation sites (N-methyl/N-ethyl adjacent to an activating group) is 1. The average molecular weight is 575 g/mol. The molecule has 0 bridgehead atoms. The number of hydrogen-bond acceptors (Lipinski definition) is 7. The standard InChI is InChI=1S/C32H38N4O6/c1-20-16-36(21(2)19-37)31(39)27-14-26(23-10-12-24(13-11-23)30(38)34(3)4)15-33-29(27)42-28(20)18-35(5)17-22-6-8-25(9-7-22)32(40)41/h6-15,20-21,28,37H,16-19H2,1-5H3,(H,40,41)/t20-,21+,28+/m1/s1. The molecule has 222 valence electrons. The van der Waals surface area contributed by atoms with Crippen molar-refractivity contribution in [3.63, 3.8) is 0 Å². The number of ether oxygens (including phenoxy) is 1. The first-order valence-corrected chi connectivity index (χ1v) is 13.9. The Balaban J connectivity index is 1.61. The smallest absolute Gasteiger partial charge is 0.335 e. The lowest BCUT2D eigenvalue weighted by Crippen LogP contribution is -2.49. The number of fused-ring (bicyclic) bond motifs is 1. The fourth-order valence-electron chi connectivity index (χ4n) is 4.98. The molecule has 4 rings (SSSR count). The van der Waals surface area contributed by atoms with Gasteiger partial charge in [-0.15, -0.1) is 0 Å². The predicted molar refractivity (Wildman–Crippen MR) is 159 cm³/mol. The normalized spacial score (nSPS) is 17.6. The number of carbonyl (C=O) groups excluding carboxylic acids is 2. The van der Waals surface area contributed by atoms with Crippen LogP contribution in [-0.4, -0.2) is 101 Å². The van der Waals surface area contributed by atoms with Crippen LogP contribution in [0.2, 0.25) is 0 Å². The van der Waals surface area contributed by atoms with E-state index in [-0.39, 0.29) is 41.9 Å². The molecular weight excluding hydrogens is 536 g/mol. The Hall–Kier alpha value is -4.28. The van der Waals surface area contributed by atoms with Gasteiger partial charge in [-0.3, -0.25) is 14.5 Å². The van der Waals surface area contributed by atoms with Crippen molar-refractivity contribution in [3.8, 4) is 17.0 Å². The molecule has 0 saturated carbocycles. The van der Waals surface area contributed by atoms with Gasteiger partial charge in [0.1, 0.15) is 11.7 Å². The molecule has 2 heterocycles. The monoisotopic (exact) mass is 574 g/mol. The summed E-state index contributed by atoms with van der Waals surface area (Å²) < 4.78 is 6.42. The molecule has 10 heteroatoms.